The fourth-order valence-corrected chi connectivity index (χ4v) is 3.70. The van der Waals surface area contributed by atoms with Gasteiger partial charge in [0.2, 0.25) is 8.32 Å². The lowest BCUT2D eigenvalue weighted by molar-refractivity contribution is -0.0397. The molecule has 17 heavy (non-hydrogen) atoms. The second kappa shape index (κ2) is 6.62. The summed E-state index contributed by atoms with van der Waals surface area (Å²) in [6.45, 7) is 10.1. The van der Waals surface area contributed by atoms with Gasteiger partial charge in [0.1, 0.15) is 0 Å². The van der Waals surface area contributed by atoms with Crippen LogP contribution in [0.3, 0.4) is 0 Å². The highest BCUT2D eigenvalue weighted by Crippen LogP contribution is 2.13. The Morgan fingerprint density at radius 3 is 2.47 bits per heavy atom. The largest absolute Gasteiger partial charge is 0.474 e. The van der Waals surface area contributed by atoms with Gasteiger partial charge in [-0.15, -0.1) is 0 Å². The Bertz CT molecular complexity index is 335. The molecule has 0 aromatic heterocycles. The Morgan fingerprint density at radius 1 is 1.29 bits per heavy atom. The number of benzene rings is 1. The summed E-state index contributed by atoms with van der Waals surface area (Å²) in [7, 11) is -1.89. The third kappa shape index (κ3) is 4.36. The Kier molecular flexibility index (Phi) is 5.45. The van der Waals surface area contributed by atoms with E-state index in [9.17, 15) is 0 Å². The smallest absolute Gasteiger partial charge is 0.222 e. The van der Waals surface area contributed by atoms with Gasteiger partial charge in [-0.3, -0.25) is 0 Å². The molecule has 0 spiro atoms. The fraction of sp³-hybridized carbons (Fsp3) is 0.429. The predicted octanol–water partition coefficient (Wildman–Crippen LogP) is 3.40. The van der Waals surface area contributed by atoms with Crippen LogP contribution in [0.25, 0.3) is 0 Å². The van der Waals surface area contributed by atoms with Crippen molar-refractivity contribution in [3.63, 3.8) is 0 Å². The molecular weight excluding hydrogens is 228 g/mol. The molecule has 3 heteroatoms. The molecule has 0 heterocycles. The molecule has 2 nitrogen and oxygen atoms in total. The summed E-state index contributed by atoms with van der Waals surface area (Å²) in [4.78, 5) is 0. The fourth-order valence-electron chi connectivity index (χ4n) is 1.73. The molecule has 1 aromatic carbocycles. The van der Waals surface area contributed by atoms with Crippen molar-refractivity contribution < 1.29 is 9.16 Å². The molecule has 1 aromatic rings. The standard InChI is InChI=1S/C14H22O2Si/c1-5-10-14(15-6-2)16-17(3,4)13-11-8-7-9-12-13/h6-9,11-12,14H,2,5,10H2,1,3-4H3. The minimum absolute atomic E-state index is 0.167. The Balaban J connectivity index is 2.72. The zero-order valence-electron chi connectivity index (χ0n) is 11.0. The van der Waals surface area contributed by atoms with E-state index in [0.29, 0.717) is 0 Å². The molecule has 0 aliphatic carbocycles. The van der Waals surface area contributed by atoms with Crippen LogP contribution in [0.15, 0.2) is 43.2 Å². The Labute approximate surface area is 105 Å². The molecule has 0 bridgehead atoms. The average molecular weight is 250 g/mol. The normalized spacial score (nSPS) is 13.1. The quantitative estimate of drug-likeness (QED) is 0.419. The Morgan fingerprint density at radius 2 is 1.94 bits per heavy atom. The highest BCUT2D eigenvalue weighted by atomic mass is 28.4. The molecular formula is C14H22O2Si. The van der Waals surface area contributed by atoms with Crippen molar-refractivity contribution in [2.75, 3.05) is 0 Å². The van der Waals surface area contributed by atoms with Gasteiger partial charge in [0.25, 0.3) is 0 Å². The molecule has 1 rings (SSSR count). The molecule has 0 radical (unpaired) electrons. The second-order valence-corrected chi connectivity index (χ2v) is 8.35. The van der Waals surface area contributed by atoms with E-state index in [1.165, 1.54) is 11.4 Å². The van der Waals surface area contributed by atoms with Crippen LogP contribution in [0.1, 0.15) is 19.8 Å². The lowest BCUT2D eigenvalue weighted by atomic mass is 10.3. The molecule has 0 amide bonds. The van der Waals surface area contributed by atoms with E-state index >= 15 is 0 Å². The summed E-state index contributed by atoms with van der Waals surface area (Å²) in [6.07, 6.45) is 3.24. The maximum absolute atomic E-state index is 6.15. The van der Waals surface area contributed by atoms with Crippen molar-refractivity contribution in [3.05, 3.63) is 43.2 Å². The minimum Gasteiger partial charge on any atom is -0.474 e. The SMILES string of the molecule is C=COC(CCC)O[Si](C)(C)c1ccccc1. The van der Waals surface area contributed by atoms with Crippen LogP contribution in [0, 0.1) is 0 Å². The van der Waals surface area contributed by atoms with E-state index in [2.05, 4.69) is 50.9 Å². The molecule has 0 N–H and O–H groups in total. The monoisotopic (exact) mass is 250 g/mol. The summed E-state index contributed by atoms with van der Waals surface area (Å²) in [6, 6.07) is 10.4. The van der Waals surface area contributed by atoms with Crippen molar-refractivity contribution in [2.45, 2.75) is 39.1 Å². The number of ether oxygens (including phenoxy) is 1. The second-order valence-electron chi connectivity index (χ2n) is 4.52. The summed E-state index contributed by atoms with van der Waals surface area (Å²) in [5.74, 6) is 0. The van der Waals surface area contributed by atoms with Gasteiger partial charge in [-0.05, 0) is 18.3 Å². The van der Waals surface area contributed by atoms with Gasteiger partial charge in [-0.25, -0.2) is 0 Å². The lowest BCUT2D eigenvalue weighted by Crippen LogP contribution is -2.47. The van der Waals surface area contributed by atoms with E-state index < -0.39 is 8.32 Å². The van der Waals surface area contributed by atoms with Crippen LogP contribution >= 0.6 is 0 Å². The number of hydrogen-bond acceptors (Lipinski definition) is 2. The first-order valence-corrected chi connectivity index (χ1v) is 9.00. The summed E-state index contributed by atoms with van der Waals surface area (Å²) < 4.78 is 11.6. The van der Waals surface area contributed by atoms with Gasteiger partial charge < -0.3 is 9.16 Å². The molecule has 1 unspecified atom stereocenters. The predicted molar refractivity (Wildman–Crippen MR) is 74.6 cm³/mol. The molecule has 0 saturated heterocycles. The maximum atomic E-state index is 6.15. The Hall–Kier alpha value is -1.06. The van der Waals surface area contributed by atoms with Crippen LogP contribution in [0.4, 0.5) is 0 Å². The van der Waals surface area contributed by atoms with Crippen LogP contribution in [0.2, 0.25) is 13.1 Å². The molecule has 0 saturated carbocycles. The minimum atomic E-state index is -1.89. The number of hydrogen-bond donors (Lipinski definition) is 0. The molecule has 0 aliphatic rings. The van der Waals surface area contributed by atoms with E-state index in [1.807, 2.05) is 6.07 Å². The van der Waals surface area contributed by atoms with Gasteiger partial charge in [0.05, 0.1) is 6.26 Å². The van der Waals surface area contributed by atoms with Gasteiger partial charge in [0, 0.05) is 6.42 Å². The number of rotatable bonds is 7. The third-order valence-electron chi connectivity index (χ3n) is 2.67. The van der Waals surface area contributed by atoms with Gasteiger partial charge in [-0.1, -0.05) is 50.3 Å². The topological polar surface area (TPSA) is 18.5 Å². The van der Waals surface area contributed by atoms with Crippen LogP contribution < -0.4 is 5.19 Å². The summed E-state index contributed by atoms with van der Waals surface area (Å²) in [5, 5.41) is 1.29. The van der Waals surface area contributed by atoms with Crippen molar-refractivity contribution in [3.8, 4) is 0 Å². The lowest BCUT2D eigenvalue weighted by Gasteiger charge is -2.28. The van der Waals surface area contributed by atoms with Crippen LogP contribution in [-0.4, -0.2) is 14.6 Å². The van der Waals surface area contributed by atoms with E-state index in [-0.39, 0.29) is 6.29 Å². The molecule has 0 fully saturated rings. The third-order valence-corrected chi connectivity index (χ3v) is 5.24. The first kappa shape index (κ1) is 14.0. The van der Waals surface area contributed by atoms with E-state index in [4.69, 9.17) is 9.16 Å². The van der Waals surface area contributed by atoms with Crippen molar-refractivity contribution in [1.29, 1.82) is 0 Å². The van der Waals surface area contributed by atoms with Gasteiger partial charge >= 0.3 is 0 Å². The van der Waals surface area contributed by atoms with E-state index in [1.54, 1.807) is 0 Å². The zero-order chi connectivity index (χ0) is 12.7. The molecule has 0 aliphatic heterocycles. The molecule has 94 valence electrons. The highest BCUT2D eigenvalue weighted by molar-refractivity contribution is 6.84. The zero-order valence-corrected chi connectivity index (χ0v) is 12.0. The summed E-state index contributed by atoms with van der Waals surface area (Å²) in [5.41, 5.74) is 0. The first-order chi connectivity index (χ1) is 8.10. The van der Waals surface area contributed by atoms with E-state index in [0.717, 1.165) is 12.8 Å². The van der Waals surface area contributed by atoms with Crippen molar-refractivity contribution >= 4 is 13.5 Å². The van der Waals surface area contributed by atoms with Gasteiger partial charge in [-0.2, -0.15) is 0 Å². The maximum Gasteiger partial charge on any atom is 0.222 e. The first-order valence-electron chi connectivity index (χ1n) is 6.10. The van der Waals surface area contributed by atoms with Crippen molar-refractivity contribution in [2.24, 2.45) is 0 Å². The molecule has 1 atom stereocenters. The van der Waals surface area contributed by atoms with Crippen molar-refractivity contribution in [1.82, 2.24) is 0 Å². The van der Waals surface area contributed by atoms with Gasteiger partial charge in [0.15, 0.2) is 6.29 Å². The highest BCUT2D eigenvalue weighted by Gasteiger charge is 2.29. The summed E-state index contributed by atoms with van der Waals surface area (Å²) >= 11 is 0. The van der Waals surface area contributed by atoms with Crippen LogP contribution in [0.5, 0.6) is 0 Å². The van der Waals surface area contributed by atoms with Crippen LogP contribution in [-0.2, 0) is 9.16 Å². The average Bonchev–Trinajstić information content (AvgIpc) is 2.30.